The highest BCUT2D eigenvalue weighted by Crippen LogP contribution is 2.33. The summed E-state index contributed by atoms with van der Waals surface area (Å²) >= 11 is 6.42. The zero-order valence-corrected chi connectivity index (χ0v) is 17.7. The minimum Gasteiger partial charge on any atom is -0.481 e. The second kappa shape index (κ2) is 9.90. The Kier molecular flexibility index (Phi) is 7.03. The number of carbonyl (C=O) groups excluding carboxylic acids is 1. The van der Waals surface area contributed by atoms with E-state index in [0.717, 1.165) is 5.56 Å². The number of hydrogen-bond acceptors (Lipinski definition) is 7. The fraction of sp³-hybridized carbons (Fsp3) is 0.136. The van der Waals surface area contributed by atoms with E-state index in [-0.39, 0.29) is 30.0 Å². The lowest BCUT2D eigenvalue weighted by Crippen LogP contribution is -2.29. The molecule has 0 spiro atoms. The lowest BCUT2D eigenvalue weighted by molar-refractivity contribution is -0.137. The van der Waals surface area contributed by atoms with Gasteiger partial charge in [0.2, 0.25) is 0 Å². The Bertz CT molecular complexity index is 1160. The molecule has 1 fully saturated rings. The molecule has 1 amide bonds. The van der Waals surface area contributed by atoms with Crippen molar-refractivity contribution >= 4 is 46.3 Å². The van der Waals surface area contributed by atoms with Gasteiger partial charge in [0.15, 0.2) is 0 Å². The van der Waals surface area contributed by atoms with Gasteiger partial charge in [0.25, 0.3) is 5.91 Å². The first-order chi connectivity index (χ1) is 14.9. The highest BCUT2D eigenvalue weighted by molar-refractivity contribution is 8.26. The number of rotatable bonds is 7. The number of aliphatic carboxylic acids is 1. The van der Waals surface area contributed by atoms with E-state index in [1.807, 2.05) is 12.1 Å². The predicted octanol–water partition coefficient (Wildman–Crippen LogP) is 4.29. The van der Waals surface area contributed by atoms with Crippen LogP contribution in [0.15, 0.2) is 47.4 Å². The highest BCUT2D eigenvalue weighted by Gasteiger charge is 2.31. The van der Waals surface area contributed by atoms with E-state index >= 15 is 0 Å². The van der Waals surface area contributed by atoms with E-state index < -0.39 is 5.97 Å². The first-order valence-corrected chi connectivity index (χ1v) is 10.3. The maximum Gasteiger partial charge on any atom is 0.303 e. The molecule has 2 aromatic rings. The molecule has 3 rings (SSSR count). The van der Waals surface area contributed by atoms with Gasteiger partial charge in [-0.2, -0.15) is 10.5 Å². The molecular formula is C22H15N3O4S2. The molecule has 1 aliphatic heterocycles. The smallest absolute Gasteiger partial charge is 0.303 e. The molecule has 0 aliphatic carbocycles. The van der Waals surface area contributed by atoms with Gasteiger partial charge in [-0.1, -0.05) is 36.1 Å². The van der Waals surface area contributed by atoms with Gasteiger partial charge in [0.05, 0.1) is 16.0 Å². The van der Waals surface area contributed by atoms with Gasteiger partial charge < -0.3 is 9.84 Å². The number of nitrogens with zero attached hydrogens (tertiary/aromatic N) is 3. The highest BCUT2D eigenvalue weighted by atomic mass is 32.2. The topological polar surface area (TPSA) is 114 Å². The Morgan fingerprint density at radius 2 is 1.81 bits per heavy atom. The van der Waals surface area contributed by atoms with Crippen LogP contribution in [0.4, 0.5) is 0 Å². The van der Waals surface area contributed by atoms with Crippen LogP contribution in [0.2, 0.25) is 0 Å². The van der Waals surface area contributed by atoms with Crippen molar-refractivity contribution in [3.8, 4) is 23.6 Å². The Balaban J connectivity index is 1.68. The van der Waals surface area contributed by atoms with Crippen molar-refractivity contribution in [1.82, 2.24) is 4.90 Å². The Morgan fingerprint density at radius 3 is 2.45 bits per heavy atom. The number of ether oxygens (including phenoxy) is 1. The van der Waals surface area contributed by atoms with Gasteiger partial charge in [-0.05, 0) is 48.4 Å². The fourth-order valence-corrected chi connectivity index (χ4v) is 4.09. The first-order valence-electron chi connectivity index (χ1n) is 9.10. The zero-order valence-electron chi connectivity index (χ0n) is 16.1. The second-order valence-electron chi connectivity index (χ2n) is 6.43. The van der Waals surface area contributed by atoms with E-state index in [4.69, 9.17) is 32.6 Å². The lowest BCUT2D eigenvalue weighted by atomic mass is 10.1. The van der Waals surface area contributed by atoms with Crippen LogP contribution < -0.4 is 4.74 Å². The largest absolute Gasteiger partial charge is 0.481 e. The number of carboxylic acids is 1. The maximum absolute atomic E-state index is 12.5. The average molecular weight is 450 g/mol. The van der Waals surface area contributed by atoms with Crippen LogP contribution in [0, 0.1) is 22.7 Å². The number of hydrogen-bond donors (Lipinski definition) is 1. The molecule has 0 atom stereocenters. The summed E-state index contributed by atoms with van der Waals surface area (Å²) in [5.74, 6) is -0.173. The molecule has 0 radical (unpaired) electrons. The van der Waals surface area contributed by atoms with Crippen LogP contribution in [0.3, 0.4) is 0 Å². The van der Waals surface area contributed by atoms with Crippen molar-refractivity contribution in [2.75, 3.05) is 6.54 Å². The standard InChI is InChI=1S/C22H15N3O4S2/c23-12-15-5-8-18(11-16(15)13-24)29-17-6-3-14(4-7-17)10-19-21(28)25(22(30)31-19)9-1-2-20(26)27/h3-8,10-11H,1-2,9H2,(H,26,27). The van der Waals surface area contributed by atoms with E-state index in [1.165, 1.54) is 28.8 Å². The zero-order chi connectivity index (χ0) is 22.4. The van der Waals surface area contributed by atoms with Crippen molar-refractivity contribution < 1.29 is 19.4 Å². The third-order valence-electron chi connectivity index (χ3n) is 4.29. The molecule has 0 aromatic heterocycles. The normalized spacial score (nSPS) is 14.4. The number of nitriles is 2. The molecule has 1 aliphatic rings. The summed E-state index contributed by atoms with van der Waals surface area (Å²) in [4.78, 5) is 25.1. The van der Waals surface area contributed by atoms with E-state index in [9.17, 15) is 9.59 Å². The minimum atomic E-state index is -0.909. The monoisotopic (exact) mass is 449 g/mol. The predicted molar refractivity (Wildman–Crippen MR) is 119 cm³/mol. The molecule has 1 saturated heterocycles. The summed E-state index contributed by atoms with van der Waals surface area (Å²) in [6, 6.07) is 15.6. The molecule has 1 N–H and O–H groups in total. The molecule has 2 aromatic carbocycles. The fourth-order valence-electron chi connectivity index (χ4n) is 2.78. The summed E-state index contributed by atoms with van der Waals surface area (Å²) in [5.41, 5.74) is 1.29. The van der Waals surface area contributed by atoms with Crippen molar-refractivity contribution in [3.05, 3.63) is 64.1 Å². The van der Waals surface area contributed by atoms with Crippen LogP contribution in [-0.4, -0.2) is 32.7 Å². The Labute approximate surface area is 188 Å². The third-order valence-corrected chi connectivity index (χ3v) is 5.67. The van der Waals surface area contributed by atoms with Gasteiger partial charge in [-0.25, -0.2) is 0 Å². The molecule has 154 valence electrons. The number of benzene rings is 2. The summed E-state index contributed by atoms with van der Waals surface area (Å²) in [6.07, 6.45) is 2.03. The molecule has 31 heavy (non-hydrogen) atoms. The van der Waals surface area contributed by atoms with Gasteiger partial charge >= 0.3 is 5.97 Å². The van der Waals surface area contributed by atoms with Gasteiger partial charge in [-0.15, -0.1) is 0 Å². The van der Waals surface area contributed by atoms with Crippen molar-refractivity contribution in [2.24, 2.45) is 0 Å². The first kappa shape index (κ1) is 22.0. The van der Waals surface area contributed by atoms with Gasteiger partial charge in [-0.3, -0.25) is 14.5 Å². The quantitative estimate of drug-likeness (QED) is 0.492. The van der Waals surface area contributed by atoms with Crippen LogP contribution in [0.1, 0.15) is 29.5 Å². The van der Waals surface area contributed by atoms with E-state index in [0.29, 0.717) is 27.1 Å². The average Bonchev–Trinajstić information content (AvgIpc) is 3.02. The van der Waals surface area contributed by atoms with E-state index in [1.54, 1.807) is 36.4 Å². The lowest BCUT2D eigenvalue weighted by Gasteiger charge is -2.13. The van der Waals surface area contributed by atoms with Crippen molar-refractivity contribution in [3.63, 3.8) is 0 Å². The van der Waals surface area contributed by atoms with Crippen LogP contribution in [0.25, 0.3) is 6.08 Å². The summed E-state index contributed by atoms with van der Waals surface area (Å²) in [7, 11) is 0. The van der Waals surface area contributed by atoms with E-state index in [2.05, 4.69) is 0 Å². The molecule has 7 nitrogen and oxygen atoms in total. The number of thiocarbonyl (C=S) groups is 1. The van der Waals surface area contributed by atoms with Crippen LogP contribution in [-0.2, 0) is 9.59 Å². The van der Waals surface area contributed by atoms with Gasteiger partial charge in [0.1, 0.15) is 28.0 Å². The van der Waals surface area contributed by atoms with Crippen LogP contribution >= 0.6 is 24.0 Å². The number of thioether (sulfide) groups is 1. The molecule has 9 heteroatoms. The molecular weight excluding hydrogens is 434 g/mol. The summed E-state index contributed by atoms with van der Waals surface area (Å²) in [6.45, 7) is 0.274. The number of carboxylic acid groups (broad SMARTS) is 1. The second-order valence-corrected chi connectivity index (χ2v) is 8.11. The molecule has 0 saturated carbocycles. The number of carbonyl (C=O) groups is 2. The van der Waals surface area contributed by atoms with Crippen molar-refractivity contribution in [1.29, 1.82) is 10.5 Å². The Hall–Kier alpha value is -3.66. The Morgan fingerprint density at radius 1 is 1.13 bits per heavy atom. The minimum absolute atomic E-state index is 0.0212. The summed E-state index contributed by atoms with van der Waals surface area (Å²) in [5, 5.41) is 26.8. The van der Waals surface area contributed by atoms with Crippen molar-refractivity contribution in [2.45, 2.75) is 12.8 Å². The third kappa shape index (κ3) is 5.48. The SMILES string of the molecule is N#Cc1ccc(Oc2ccc(C=C3SC(=S)N(CCCC(=O)O)C3=O)cc2)cc1C#N. The molecule has 1 heterocycles. The maximum atomic E-state index is 12.5. The van der Waals surface area contributed by atoms with Gasteiger partial charge in [0, 0.05) is 13.0 Å². The summed E-state index contributed by atoms with van der Waals surface area (Å²) < 4.78 is 6.15. The number of amides is 1. The molecule has 0 unspecified atom stereocenters. The molecule has 0 bridgehead atoms. The van der Waals surface area contributed by atoms with Crippen LogP contribution in [0.5, 0.6) is 11.5 Å².